The van der Waals surface area contributed by atoms with Gasteiger partial charge in [-0.2, -0.15) is 0 Å². The van der Waals surface area contributed by atoms with Gasteiger partial charge in [-0.15, -0.1) is 0 Å². The van der Waals surface area contributed by atoms with Crippen molar-refractivity contribution >= 4 is 28.6 Å². The van der Waals surface area contributed by atoms with E-state index in [-0.39, 0.29) is 12.1 Å². The van der Waals surface area contributed by atoms with Crippen molar-refractivity contribution in [3.63, 3.8) is 0 Å². The van der Waals surface area contributed by atoms with Gasteiger partial charge in [-0.3, -0.25) is 4.99 Å². The van der Waals surface area contributed by atoms with Crippen LogP contribution in [0, 0.1) is 0 Å². The van der Waals surface area contributed by atoms with E-state index in [9.17, 15) is 4.79 Å². The Balaban J connectivity index is 2.37. The molecule has 1 aliphatic rings. The Kier molecular flexibility index (Phi) is 3.91. The van der Waals surface area contributed by atoms with Crippen LogP contribution in [0.5, 0.6) is 0 Å². The molecule has 1 heterocycles. The molecule has 0 spiro atoms. The number of nitrogens with zero attached hydrogens (tertiary/aromatic N) is 3. The quantitative estimate of drug-likeness (QED) is 0.822. The molecular formula is C13H17N3OS. The third-order valence-electron chi connectivity index (χ3n) is 2.79. The topological polar surface area (TPSA) is 35.9 Å². The predicted molar refractivity (Wildman–Crippen MR) is 77.1 cm³/mol. The molecule has 5 heteroatoms. The zero-order valence-corrected chi connectivity index (χ0v) is 11.6. The first-order valence-electron chi connectivity index (χ1n) is 5.90. The minimum atomic E-state index is -0.00412. The molecule has 96 valence electrons. The molecule has 0 radical (unpaired) electrons. The number of aliphatic imine (C=N–C) groups is 1. The molecule has 0 aromatic heterocycles. The summed E-state index contributed by atoms with van der Waals surface area (Å²) in [7, 11) is 1.72. The number of amides is 2. The largest absolute Gasteiger partial charge is 0.331 e. The van der Waals surface area contributed by atoms with E-state index in [2.05, 4.69) is 4.99 Å². The first-order chi connectivity index (χ1) is 8.65. The lowest BCUT2D eigenvalue weighted by atomic mass is 10.3. The van der Waals surface area contributed by atoms with Crippen molar-refractivity contribution in [2.75, 3.05) is 17.8 Å². The number of rotatable bonds is 2. The molecule has 2 rings (SSSR count). The Hall–Kier alpha value is -1.49. The van der Waals surface area contributed by atoms with Crippen LogP contribution >= 0.6 is 11.8 Å². The van der Waals surface area contributed by atoms with Crippen molar-refractivity contribution in [2.45, 2.75) is 19.9 Å². The zero-order chi connectivity index (χ0) is 13.1. The SMILES string of the molecule is CN=C1SCN(C(C)C)C(=O)N1c1ccccc1. The van der Waals surface area contributed by atoms with Crippen LogP contribution in [0.25, 0.3) is 0 Å². The van der Waals surface area contributed by atoms with Gasteiger partial charge in [0.1, 0.15) is 0 Å². The second-order valence-electron chi connectivity index (χ2n) is 4.30. The third kappa shape index (κ3) is 2.36. The van der Waals surface area contributed by atoms with Crippen molar-refractivity contribution in [1.82, 2.24) is 4.90 Å². The van der Waals surface area contributed by atoms with E-state index < -0.39 is 0 Å². The number of urea groups is 1. The number of carbonyl (C=O) groups excluding carboxylic acids is 1. The molecule has 4 nitrogen and oxygen atoms in total. The van der Waals surface area contributed by atoms with Gasteiger partial charge in [0.2, 0.25) is 0 Å². The monoisotopic (exact) mass is 263 g/mol. The Morgan fingerprint density at radius 3 is 2.50 bits per heavy atom. The highest BCUT2D eigenvalue weighted by Crippen LogP contribution is 2.27. The lowest BCUT2D eigenvalue weighted by molar-refractivity contribution is 0.204. The molecule has 18 heavy (non-hydrogen) atoms. The van der Waals surface area contributed by atoms with E-state index in [0.717, 1.165) is 10.9 Å². The van der Waals surface area contributed by atoms with Gasteiger partial charge in [0, 0.05) is 13.1 Å². The fourth-order valence-corrected chi connectivity index (χ4v) is 2.89. The Bertz CT molecular complexity index is 459. The number of benzene rings is 1. The molecule has 1 aromatic rings. The summed E-state index contributed by atoms with van der Waals surface area (Å²) in [6.45, 7) is 4.05. The van der Waals surface area contributed by atoms with Crippen molar-refractivity contribution in [2.24, 2.45) is 4.99 Å². The summed E-state index contributed by atoms with van der Waals surface area (Å²) in [5.74, 6) is 0.659. The number of hydrogen-bond donors (Lipinski definition) is 0. The molecule has 1 saturated heterocycles. The first kappa shape index (κ1) is 13.0. The highest BCUT2D eigenvalue weighted by atomic mass is 32.2. The van der Waals surface area contributed by atoms with E-state index in [0.29, 0.717) is 5.88 Å². The summed E-state index contributed by atoms with van der Waals surface area (Å²) in [6, 6.07) is 9.82. The first-order valence-corrected chi connectivity index (χ1v) is 6.89. The van der Waals surface area contributed by atoms with Crippen molar-refractivity contribution < 1.29 is 4.79 Å². The molecule has 0 bridgehead atoms. The minimum Gasteiger partial charge on any atom is -0.312 e. The standard InChI is InChI=1S/C13H17N3OS/c1-10(2)15-9-18-12(14-3)16(13(15)17)11-7-5-4-6-8-11/h4-8,10H,9H2,1-3H3. The van der Waals surface area contributed by atoms with Crippen molar-refractivity contribution in [3.8, 4) is 0 Å². The number of hydrogen-bond acceptors (Lipinski definition) is 3. The molecule has 1 aliphatic heterocycles. The summed E-state index contributed by atoms with van der Waals surface area (Å²) in [5.41, 5.74) is 0.862. The Morgan fingerprint density at radius 1 is 1.28 bits per heavy atom. The van der Waals surface area contributed by atoms with Crippen molar-refractivity contribution in [1.29, 1.82) is 0 Å². The summed E-state index contributed by atoms with van der Waals surface area (Å²) in [6.07, 6.45) is 0. The van der Waals surface area contributed by atoms with Gasteiger partial charge in [0.05, 0.1) is 11.6 Å². The normalized spacial score (nSPS) is 18.9. The van der Waals surface area contributed by atoms with Crippen LogP contribution in [0.2, 0.25) is 0 Å². The maximum atomic E-state index is 12.5. The minimum absolute atomic E-state index is 0.00412. The van der Waals surface area contributed by atoms with Gasteiger partial charge >= 0.3 is 6.03 Å². The third-order valence-corrected chi connectivity index (χ3v) is 3.82. The summed E-state index contributed by atoms with van der Waals surface area (Å²) in [5, 5.41) is 0.753. The van der Waals surface area contributed by atoms with E-state index in [4.69, 9.17) is 0 Å². The number of thioether (sulfide) groups is 1. The molecule has 1 aromatic carbocycles. The molecule has 2 amide bonds. The van der Waals surface area contributed by atoms with Gasteiger partial charge in [0.25, 0.3) is 0 Å². The number of amidine groups is 1. The molecule has 0 atom stereocenters. The summed E-state index contributed by atoms with van der Waals surface area (Å²) < 4.78 is 0. The average molecular weight is 263 g/mol. The summed E-state index contributed by atoms with van der Waals surface area (Å²) >= 11 is 1.59. The van der Waals surface area contributed by atoms with E-state index in [1.54, 1.807) is 23.7 Å². The molecule has 0 saturated carbocycles. The van der Waals surface area contributed by atoms with Gasteiger partial charge < -0.3 is 4.90 Å². The number of anilines is 1. The fraction of sp³-hybridized carbons (Fsp3) is 0.385. The lowest BCUT2D eigenvalue weighted by Gasteiger charge is -2.37. The van der Waals surface area contributed by atoms with Gasteiger partial charge in [0.15, 0.2) is 5.17 Å². The zero-order valence-electron chi connectivity index (χ0n) is 10.8. The smallest absolute Gasteiger partial charge is 0.312 e. The Morgan fingerprint density at radius 2 is 1.94 bits per heavy atom. The van der Waals surface area contributed by atoms with Crippen molar-refractivity contribution in [3.05, 3.63) is 30.3 Å². The van der Waals surface area contributed by atoms with Crippen LogP contribution in [-0.2, 0) is 0 Å². The van der Waals surface area contributed by atoms with Gasteiger partial charge in [-0.1, -0.05) is 30.0 Å². The maximum absolute atomic E-state index is 12.5. The van der Waals surface area contributed by atoms with Crippen LogP contribution < -0.4 is 4.90 Å². The van der Waals surface area contributed by atoms with Gasteiger partial charge in [-0.05, 0) is 26.0 Å². The molecule has 0 unspecified atom stereocenters. The average Bonchev–Trinajstić information content (AvgIpc) is 2.38. The lowest BCUT2D eigenvalue weighted by Crippen LogP contribution is -2.52. The van der Waals surface area contributed by atoms with Gasteiger partial charge in [-0.25, -0.2) is 9.69 Å². The molecule has 0 N–H and O–H groups in total. The molecular weight excluding hydrogens is 246 g/mol. The van der Waals surface area contributed by atoms with E-state index >= 15 is 0 Å². The van der Waals surface area contributed by atoms with Crippen LogP contribution in [0.4, 0.5) is 10.5 Å². The van der Waals surface area contributed by atoms with Crippen LogP contribution in [0.15, 0.2) is 35.3 Å². The van der Waals surface area contributed by atoms with Crippen LogP contribution in [-0.4, -0.2) is 35.1 Å². The van der Waals surface area contributed by atoms with E-state index in [1.807, 2.05) is 49.1 Å². The molecule has 1 fully saturated rings. The highest BCUT2D eigenvalue weighted by Gasteiger charge is 2.33. The second kappa shape index (κ2) is 5.44. The number of para-hydroxylation sites is 1. The second-order valence-corrected chi connectivity index (χ2v) is 5.21. The van der Waals surface area contributed by atoms with E-state index in [1.165, 1.54) is 0 Å². The molecule has 0 aliphatic carbocycles. The Labute approximate surface area is 112 Å². The fourth-order valence-electron chi connectivity index (χ4n) is 1.79. The van der Waals surface area contributed by atoms with Crippen LogP contribution in [0.1, 0.15) is 13.8 Å². The highest BCUT2D eigenvalue weighted by molar-refractivity contribution is 8.14. The number of carbonyl (C=O) groups is 1. The van der Waals surface area contributed by atoms with Crippen LogP contribution in [0.3, 0.4) is 0 Å². The summed E-state index contributed by atoms with van der Waals surface area (Å²) in [4.78, 5) is 20.2. The maximum Gasteiger partial charge on any atom is 0.331 e. The predicted octanol–water partition coefficient (Wildman–Crippen LogP) is 3.01.